The van der Waals surface area contributed by atoms with Gasteiger partial charge in [0.15, 0.2) is 6.61 Å². The lowest BCUT2D eigenvalue weighted by molar-refractivity contribution is -0.136. The van der Waals surface area contributed by atoms with Gasteiger partial charge in [-0.2, -0.15) is 0 Å². The number of benzene rings is 2. The molecule has 0 spiro atoms. The van der Waals surface area contributed by atoms with Crippen molar-refractivity contribution >= 4 is 38.8 Å². The fourth-order valence-electron chi connectivity index (χ4n) is 3.28. The van der Waals surface area contributed by atoms with E-state index < -0.39 is 17.5 Å². The number of carbonyl (C=O) groups excluding carboxylic acids is 2. The van der Waals surface area contributed by atoms with Crippen LogP contribution in [0.5, 0.6) is 11.5 Å². The van der Waals surface area contributed by atoms with E-state index in [0.29, 0.717) is 24.3 Å². The van der Waals surface area contributed by atoms with Crippen LogP contribution in [-0.4, -0.2) is 37.7 Å². The minimum absolute atomic E-state index is 0.0318. The first-order valence-corrected chi connectivity index (χ1v) is 10.8. The van der Waals surface area contributed by atoms with Gasteiger partial charge < -0.3 is 23.9 Å². The van der Waals surface area contributed by atoms with E-state index in [9.17, 15) is 14.4 Å². The quantitative estimate of drug-likeness (QED) is 0.300. The van der Waals surface area contributed by atoms with Crippen molar-refractivity contribution in [2.24, 2.45) is 0 Å². The van der Waals surface area contributed by atoms with Gasteiger partial charge in [-0.15, -0.1) is 0 Å². The van der Waals surface area contributed by atoms with Crippen molar-refractivity contribution < 1.29 is 28.2 Å². The fraction of sp³-hybridized carbons (Fsp3) is 0.261. The first-order chi connectivity index (χ1) is 15.5. The number of hydrogen-bond acceptors (Lipinski definition) is 7. The van der Waals surface area contributed by atoms with Crippen molar-refractivity contribution in [3.63, 3.8) is 0 Å². The monoisotopic (exact) mass is 501 g/mol. The molecule has 1 fully saturated rings. The lowest BCUT2D eigenvalue weighted by atomic mass is 10.1. The molecule has 1 atom stereocenters. The second kappa shape index (κ2) is 9.97. The summed E-state index contributed by atoms with van der Waals surface area (Å²) < 4.78 is 22.2. The maximum Gasteiger partial charge on any atom is 0.349 e. The number of carbonyl (C=O) groups is 2. The van der Waals surface area contributed by atoms with E-state index in [-0.39, 0.29) is 29.6 Å². The van der Waals surface area contributed by atoms with Gasteiger partial charge in [0.2, 0.25) is 0 Å². The average Bonchev–Trinajstić information content (AvgIpc) is 3.30. The standard InChI is InChI=1S/C23H20BrNO7/c24-18-5-1-2-6-19(18)30-13-21(26)31-15-8-7-14-10-17(23(28)32-20(14)11-15)22(27)25-12-16-4-3-9-29-16/h1-2,5-8,10-11,16H,3-4,9,12-13H2,(H,25,27). The molecular formula is C23H20BrNO7. The van der Waals surface area contributed by atoms with Crippen molar-refractivity contribution in [1.82, 2.24) is 5.32 Å². The molecule has 1 aliphatic rings. The zero-order chi connectivity index (χ0) is 22.5. The largest absolute Gasteiger partial charge is 0.481 e. The molecule has 4 rings (SSSR count). The van der Waals surface area contributed by atoms with E-state index in [0.717, 1.165) is 17.3 Å². The van der Waals surface area contributed by atoms with Crippen LogP contribution in [0.3, 0.4) is 0 Å². The predicted molar refractivity (Wildman–Crippen MR) is 119 cm³/mol. The smallest absolute Gasteiger partial charge is 0.349 e. The number of halogens is 1. The van der Waals surface area contributed by atoms with E-state index in [1.54, 1.807) is 30.3 Å². The van der Waals surface area contributed by atoms with Crippen molar-refractivity contribution in [2.45, 2.75) is 18.9 Å². The Kier molecular flexibility index (Phi) is 6.87. The molecule has 0 saturated carbocycles. The van der Waals surface area contributed by atoms with E-state index in [1.165, 1.54) is 12.1 Å². The lowest BCUT2D eigenvalue weighted by Gasteiger charge is -2.11. The Bertz CT molecular complexity index is 1200. The van der Waals surface area contributed by atoms with Gasteiger partial charge in [-0.3, -0.25) is 4.79 Å². The number of amides is 1. The molecule has 2 aromatic carbocycles. The predicted octanol–water partition coefficient (Wildman–Crippen LogP) is 3.45. The van der Waals surface area contributed by atoms with E-state index >= 15 is 0 Å². The molecule has 1 aromatic heterocycles. The molecule has 1 unspecified atom stereocenters. The Morgan fingerprint density at radius 3 is 2.78 bits per heavy atom. The van der Waals surface area contributed by atoms with Gasteiger partial charge in [-0.05, 0) is 59.1 Å². The van der Waals surface area contributed by atoms with Gasteiger partial charge in [0.1, 0.15) is 22.6 Å². The maximum absolute atomic E-state index is 12.4. The number of hydrogen-bond donors (Lipinski definition) is 1. The number of rotatable bonds is 7. The molecule has 8 nitrogen and oxygen atoms in total. The van der Waals surface area contributed by atoms with Crippen molar-refractivity contribution in [3.05, 3.63) is 69.0 Å². The summed E-state index contributed by atoms with van der Waals surface area (Å²) in [5.74, 6) is -0.431. The number of esters is 1. The summed E-state index contributed by atoms with van der Waals surface area (Å²) in [7, 11) is 0. The molecule has 32 heavy (non-hydrogen) atoms. The van der Waals surface area contributed by atoms with Crippen LogP contribution in [0, 0.1) is 0 Å². The lowest BCUT2D eigenvalue weighted by Crippen LogP contribution is -2.34. The topological polar surface area (TPSA) is 104 Å². The van der Waals surface area contributed by atoms with Crippen LogP contribution in [0.2, 0.25) is 0 Å². The molecule has 9 heteroatoms. The summed E-state index contributed by atoms with van der Waals surface area (Å²) in [5.41, 5.74) is -0.673. The van der Waals surface area contributed by atoms with Crippen LogP contribution in [0.1, 0.15) is 23.2 Å². The molecule has 0 bridgehead atoms. The van der Waals surface area contributed by atoms with Gasteiger partial charge in [0.05, 0.1) is 10.6 Å². The summed E-state index contributed by atoms with van der Waals surface area (Å²) >= 11 is 3.34. The Morgan fingerprint density at radius 2 is 2.00 bits per heavy atom. The maximum atomic E-state index is 12.4. The van der Waals surface area contributed by atoms with Gasteiger partial charge in [0, 0.05) is 24.6 Å². The highest BCUT2D eigenvalue weighted by Crippen LogP contribution is 2.24. The molecular weight excluding hydrogens is 482 g/mol. The normalized spacial score (nSPS) is 15.5. The summed E-state index contributed by atoms with van der Waals surface area (Å²) in [5, 5.41) is 3.23. The highest BCUT2D eigenvalue weighted by Gasteiger charge is 2.19. The van der Waals surface area contributed by atoms with Gasteiger partial charge in [0.25, 0.3) is 5.91 Å². The van der Waals surface area contributed by atoms with E-state index in [1.807, 2.05) is 6.07 Å². The number of para-hydroxylation sites is 1. The fourth-order valence-corrected chi connectivity index (χ4v) is 3.68. The Hall–Kier alpha value is -3.17. The average molecular weight is 502 g/mol. The minimum Gasteiger partial charge on any atom is -0.481 e. The van der Waals surface area contributed by atoms with Crippen molar-refractivity contribution in [2.75, 3.05) is 19.8 Å². The second-order valence-electron chi connectivity index (χ2n) is 7.19. The molecule has 0 radical (unpaired) electrons. The summed E-state index contributed by atoms with van der Waals surface area (Å²) in [4.78, 5) is 36.8. The first-order valence-electron chi connectivity index (χ1n) is 10.1. The van der Waals surface area contributed by atoms with Crippen LogP contribution >= 0.6 is 15.9 Å². The third kappa shape index (κ3) is 5.35. The SMILES string of the molecule is O=C(COc1ccccc1Br)Oc1ccc2cc(C(=O)NCC3CCCO3)c(=O)oc2c1. The van der Waals surface area contributed by atoms with Crippen LogP contribution in [0.15, 0.2) is 62.2 Å². The Labute approximate surface area is 191 Å². The summed E-state index contributed by atoms with van der Waals surface area (Å²) in [6.45, 7) is 0.725. The molecule has 0 aliphatic carbocycles. The zero-order valence-corrected chi connectivity index (χ0v) is 18.6. The third-order valence-corrected chi connectivity index (χ3v) is 5.54. The van der Waals surface area contributed by atoms with Crippen molar-refractivity contribution in [1.29, 1.82) is 0 Å². The van der Waals surface area contributed by atoms with Gasteiger partial charge in [-0.25, -0.2) is 9.59 Å². The molecule has 1 aliphatic heterocycles. The summed E-state index contributed by atoms with van der Waals surface area (Å²) in [6.07, 6.45) is 1.80. The first kappa shape index (κ1) is 22.0. The van der Waals surface area contributed by atoms with Crippen LogP contribution in [0.4, 0.5) is 0 Å². The third-order valence-electron chi connectivity index (χ3n) is 4.88. The van der Waals surface area contributed by atoms with E-state index in [2.05, 4.69) is 21.2 Å². The molecule has 1 saturated heterocycles. The van der Waals surface area contributed by atoms with Gasteiger partial charge in [-0.1, -0.05) is 12.1 Å². The molecule has 1 amide bonds. The Morgan fingerprint density at radius 1 is 1.16 bits per heavy atom. The molecule has 1 N–H and O–H groups in total. The zero-order valence-electron chi connectivity index (χ0n) is 17.0. The van der Waals surface area contributed by atoms with Gasteiger partial charge >= 0.3 is 11.6 Å². The summed E-state index contributed by atoms with van der Waals surface area (Å²) in [6, 6.07) is 13.2. The number of nitrogens with one attached hydrogen (secondary N) is 1. The van der Waals surface area contributed by atoms with Crippen LogP contribution in [0.25, 0.3) is 11.0 Å². The molecule has 166 valence electrons. The second-order valence-corrected chi connectivity index (χ2v) is 8.04. The van der Waals surface area contributed by atoms with Crippen LogP contribution < -0.4 is 20.4 Å². The Balaban J connectivity index is 1.40. The molecule has 2 heterocycles. The highest BCUT2D eigenvalue weighted by atomic mass is 79.9. The number of fused-ring (bicyclic) bond motifs is 1. The highest BCUT2D eigenvalue weighted by molar-refractivity contribution is 9.10. The minimum atomic E-state index is -0.775. The molecule has 3 aromatic rings. The number of ether oxygens (including phenoxy) is 3. The van der Waals surface area contributed by atoms with Crippen LogP contribution in [-0.2, 0) is 9.53 Å². The van der Waals surface area contributed by atoms with Crippen molar-refractivity contribution in [3.8, 4) is 11.5 Å². The van der Waals surface area contributed by atoms with E-state index in [4.69, 9.17) is 18.6 Å².